The van der Waals surface area contributed by atoms with Crippen molar-refractivity contribution in [3.63, 3.8) is 0 Å². The number of fused-ring (bicyclic) bond motifs is 1. The van der Waals surface area contributed by atoms with Crippen LogP contribution in [0.2, 0.25) is 0 Å². The van der Waals surface area contributed by atoms with Crippen molar-refractivity contribution in [2.24, 2.45) is 5.92 Å². The van der Waals surface area contributed by atoms with E-state index in [9.17, 15) is 13.2 Å². The number of aromatic nitrogens is 4. The number of hydrogen-bond acceptors (Lipinski definition) is 4. The fraction of sp³-hybridized carbons (Fsp3) is 0.292. The second-order valence-electron chi connectivity index (χ2n) is 8.15. The minimum absolute atomic E-state index is 0.0989. The van der Waals surface area contributed by atoms with Gasteiger partial charge in [-0.05, 0) is 37.0 Å². The molecule has 0 unspecified atom stereocenters. The van der Waals surface area contributed by atoms with Crippen LogP contribution in [0.3, 0.4) is 0 Å². The van der Waals surface area contributed by atoms with Crippen LogP contribution in [0.15, 0.2) is 48.7 Å². The van der Waals surface area contributed by atoms with Crippen molar-refractivity contribution in [3.05, 3.63) is 71.7 Å². The molecule has 0 amide bonds. The summed E-state index contributed by atoms with van der Waals surface area (Å²) < 4.78 is 44.4. The number of hydrogen-bond donors (Lipinski definition) is 1. The van der Waals surface area contributed by atoms with Crippen LogP contribution in [-0.4, -0.2) is 19.5 Å². The van der Waals surface area contributed by atoms with Crippen molar-refractivity contribution in [1.29, 1.82) is 0 Å². The normalized spacial score (nSPS) is 14.3. The van der Waals surface area contributed by atoms with Gasteiger partial charge in [-0.15, -0.1) is 0 Å². The van der Waals surface area contributed by atoms with Gasteiger partial charge in [0.25, 0.3) is 0 Å². The Morgan fingerprint density at radius 3 is 2.53 bits per heavy atom. The Kier molecular flexibility index (Phi) is 5.51. The maximum Gasteiger partial charge on any atom is 0.225 e. The summed E-state index contributed by atoms with van der Waals surface area (Å²) in [7, 11) is 0. The monoisotopic (exact) mass is 437 g/mol. The van der Waals surface area contributed by atoms with Gasteiger partial charge in [-0.1, -0.05) is 37.1 Å². The van der Waals surface area contributed by atoms with E-state index < -0.39 is 11.6 Å². The number of rotatable bonds is 6. The molecule has 1 N–H and O–H groups in total. The van der Waals surface area contributed by atoms with Crippen molar-refractivity contribution in [3.8, 4) is 11.4 Å². The molecule has 2 aromatic carbocycles. The minimum Gasteiger partial charge on any atom is -0.350 e. The van der Waals surface area contributed by atoms with Gasteiger partial charge >= 0.3 is 0 Å². The van der Waals surface area contributed by atoms with Gasteiger partial charge in [0.2, 0.25) is 5.95 Å². The maximum absolute atomic E-state index is 14.6. The van der Waals surface area contributed by atoms with Crippen LogP contribution in [0.25, 0.3) is 22.6 Å². The van der Waals surface area contributed by atoms with E-state index >= 15 is 0 Å². The molecule has 2 heterocycles. The van der Waals surface area contributed by atoms with E-state index in [2.05, 4.69) is 20.3 Å². The van der Waals surface area contributed by atoms with Crippen LogP contribution in [0.5, 0.6) is 0 Å². The lowest BCUT2D eigenvalue weighted by Crippen LogP contribution is -2.11. The molecule has 164 valence electrons. The Hall–Kier alpha value is -3.42. The molecule has 0 radical (unpaired) electrons. The van der Waals surface area contributed by atoms with Gasteiger partial charge in [0, 0.05) is 18.7 Å². The molecule has 5 nitrogen and oxygen atoms in total. The van der Waals surface area contributed by atoms with E-state index in [4.69, 9.17) is 0 Å². The summed E-state index contributed by atoms with van der Waals surface area (Å²) in [6.07, 6.45) is 6.02. The molecule has 5 rings (SSSR count). The number of nitrogens with one attached hydrogen (secondary N) is 1. The molecular formula is C24H22F3N5. The molecule has 2 aromatic heterocycles. The van der Waals surface area contributed by atoms with Crippen molar-refractivity contribution >= 4 is 17.1 Å². The van der Waals surface area contributed by atoms with Crippen LogP contribution < -0.4 is 5.32 Å². The molecule has 4 aromatic rings. The summed E-state index contributed by atoms with van der Waals surface area (Å²) in [5.74, 6) is -1.07. The standard InChI is InChI=1S/C24H22F3N5/c25-18-10-4-3-8-16(18)12-28-24-29-13-20-23(31-24)32(14-15-6-1-2-7-15)22(30-20)17-9-5-11-19(26)21(17)27/h3-5,8-11,13,15H,1-2,6-7,12,14H2,(H,28,29,31). The predicted molar refractivity (Wildman–Crippen MR) is 116 cm³/mol. The largest absolute Gasteiger partial charge is 0.350 e. The van der Waals surface area contributed by atoms with Crippen LogP contribution in [0, 0.1) is 23.4 Å². The predicted octanol–water partition coefficient (Wildman–Crippen LogP) is 5.71. The first-order chi connectivity index (χ1) is 15.6. The van der Waals surface area contributed by atoms with Gasteiger partial charge in [0.05, 0.1) is 11.8 Å². The van der Waals surface area contributed by atoms with E-state index in [1.165, 1.54) is 18.2 Å². The van der Waals surface area contributed by atoms with E-state index in [0.717, 1.165) is 31.7 Å². The quantitative estimate of drug-likeness (QED) is 0.420. The number of nitrogens with zero attached hydrogens (tertiary/aromatic N) is 4. The molecule has 0 saturated heterocycles. The third kappa shape index (κ3) is 3.92. The lowest BCUT2D eigenvalue weighted by molar-refractivity contribution is 0.463. The highest BCUT2D eigenvalue weighted by molar-refractivity contribution is 5.77. The molecule has 0 bridgehead atoms. The Morgan fingerprint density at radius 1 is 0.938 bits per heavy atom. The Labute approximate surface area is 183 Å². The van der Waals surface area contributed by atoms with Gasteiger partial charge in [0.1, 0.15) is 17.2 Å². The Balaban J connectivity index is 1.54. The number of halogens is 3. The van der Waals surface area contributed by atoms with Crippen LogP contribution in [0.1, 0.15) is 31.2 Å². The van der Waals surface area contributed by atoms with Crippen molar-refractivity contribution in [1.82, 2.24) is 19.5 Å². The highest BCUT2D eigenvalue weighted by atomic mass is 19.2. The second-order valence-corrected chi connectivity index (χ2v) is 8.15. The number of anilines is 1. The summed E-state index contributed by atoms with van der Waals surface area (Å²) in [5.41, 5.74) is 1.64. The van der Waals surface area contributed by atoms with E-state index in [-0.39, 0.29) is 17.9 Å². The molecule has 0 aliphatic heterocycles. The molecule has 1 saturated carbocycles. The second kappa shape index (κ2) is 8.61. The van der Waals surface area contributed by atoms with Crippen LogP contribution in [-0.2, 0) is 13.1 Å². The smallest absolute Gasteiger partial charge is 0.225 e. The van der Waals surface area contributed by atoms with Crippen LogP contribution >= 0.6 is 0 Å². The zero-order chi connectivity index (χ0) is 22.1. The fourth-order valence-corrected chi connectivity index (χ4v) is 4.33. The first kappa shape index (κ1) is 20.5. The Morgan fingerprint density at radius 2 is 1.72 bits per heavy atom. The molecule has 0 spiro atoms. The molecule has 32 heavy (non-hydrogen) atoms. The maximum atomic E-state index is 14.6. The molecule has 1 fully saturated rings. The van der Waals surface area contributed by atoms with Crippen molar-refractivity contribution in [2.75, 3.05) is 5.32 Å². The number of benzene rings is 2. The number of imidazole rings is 1. The minimum atomic E-state index is -0.929. The Bertz CT molecular complexity index is 1260. The molecule has 0 atom stereocenters. The topological polar surface area (TPSA) is 55.6 Å². The van der Waals surface area contributed by atoms with Crippen molar-refractivity contribution < 1.29 is 13.2 Å². The van der Waals surface area contributed by atoms with Gasteiger partial charge < -0.3 is 9.88 Å². The van der Waals surface area contributed by atoms with Gasteiger partial charge in [-0.25, -0.2) is 23.1 Å². The lowest BCUT2D eigenvalue weighted by Gasteiger charge is -2.14. The molecular weight excluding hydrogens is 415 g/mol. The average Bonchev–Trinajstić information content (AvgIpc) is 3.43. The fourth-order valence-electron chi connectivity index (χ4n) is 4.33. The van der Waals surface area contributed by atoms with Crippen LogP contribution in [0.4, 0.5) is 19.1 Å². The van der Waals surface area contributed by atoms with Crippen molar-refractivity contribution in [2.45, 2.75) is 38.8 Å². The summed E-state index contributed by atoms with van der Waals surface area (Å²) in [4.78, 5) is 13.4. The molecule has 1 aliphatic carbocycles. The first-order valence-electron chi connectivity index (χ1n) is 10.7. The SMILES string of the molecule is Fc1ccccc1CNc1ncc2nc(-c3cccc(F)c3F)n(CC3CCCC3)c2n1. The first-order valence-corrected chi connectivity index (χ1v) is 10.7. The van der Waals surface area contributed by atoms with Gasteiger partial charge in [0.15, 0.2) is 17.3 Å². The van der Waals surface area contributed by atoms with E-state index in [1.54, 1.807) is 24.4 Å². The summed E-state index contributed by atoms with van der Waals surface area (Å²) >= 11 is 0. The third-order valence-corrected chi connectivity index (χ3v) is 5.99. The lowest BCUT2D eigenvalue weighted by atomic mass is 10.1. The summed E-state index contributed by atoms with van der Waals surface area (Å²) in [6, 6.07) is 10.6. The zero-order valence-electron chi connectivity index (χ0n) is 17.4. The van der Waals surface area contributed by atoms with Gasteiger partial charge in [-0.3, -0.25) is 0 Å². The molecule has 1 aliphatic rings. The molecule has 8 heteroatoms. The van der Waals surface area contributed by atoms with Gasteiger partial charge in [-0.2, -0.15) is 4.98 Å². The zero-order valence-corrected chi connectivity index (χ0v) is 17.4. The highest BCUT2D eigenvalue weighted by Crippen LogP contribution is 2.32. The van der Waals surface area contributed by atoms with E-state index in [1.807, 2.05) is 4.57 Å². The third-order valence-electron chi connectivity index (χ3n) is 5.99. The summed E-state index contributed by atoms with van der Waals surface area (Å²) in [5, 5.41) is 3.05. The van der Waals surface area contributed by atoms with E-state index in [0.29, 0.717) is 41.0 Å². The summed E-state index contributed by atoms with van der Waals surface area (Å²) in [6.45, 7) is 0.839. The highest BCUT2D eigenvalue weighted by Gasteiger charge is 2.23. The average molecular weight is 437 g/mol.